The Bertz CT molecular complexity index is 1470. The van der Waals surface area contributed by atoms with Crippen LogP contribution in [-0.4, -0.2) is 4.57 Å². The van der Waals surface area contributed by atoms with E-state index in [1.807, 2.05) is 17.4 Å². The van der Waals surface area contributed by atoms with Gasteiger partial charge in [-0.05, 0) is 36.4 Å². The van der Waals surface area contributed by atoms with E-state index in [-0.39, 0.29) is 0 Å². The molecule has 0 aliphatic rings. The normalized spacial score (nSPS) is 11.9. The van der Waals surface area contributed by atoms with Crippen LogP contribution in [0.2, 0.25) is 5.02 Å². The lowest BCUT2D eigenvalue weighted by Crippen LogP contribution is -1.92. The number of para-hydroxylation sites is 1. The average Bonchev–Trinajstić information content (AvgIpc) is 3.23. The Labute approximate surface area is 165 Å². The topological polar surface area (TPSA) is 4.93 Å². The largest absolute Gasteiger partial charge is 0.309 e. The van der Waals surface area contributed by atoms with Crippen molar-refractivity contribution in [3.05, 3.63) is 90.0 Å². The zero-order valence-electron chi connectivity index (χ0n) is 14.3. The minimum Gasteiger partial charge on any atom is -0.309 e. The molecule has 128 valence electrons. The minimum absolute atomic E-state index is 0.759. The first-order chi connectivity index (χ1) is 13.3. The van der Waals surface area contributed by atoms with E-state index in [0.717, 1.165) is 16.2 Å². The third-order valence-corrected chi connectivity index (χ3v) is 6.69. The van der Waals surface area contributed by atoms with E-state index >= 15 is 0 Å². The predicted molar refractivity (Wildman–Crippen MR) is 119 cm³/mol. The quantitative estimate of drug-likeness (QED) is 0.273. The molecule has 0 aliphatic carbocycles. The van der Waals surface area contributed by atoms with Crippen molar-refractivity contribution in [2.45, 2.75) is 0 Å². The van der Waals surface area contributed by atoms with Crippen molar-refractivity contribution < 1.29 is 0 Å². The van der Waals surface area contributed by atoms with Crippen molar-refractivity contribution in [1.82, 2.24) is 4.57 Å². The summed E-state index contributed by atoms with van der Waals surface area (Å²) in [6.07, 6.45) is 0. The van der Waals surface area contributed by atoms with E-state index in [9.17, 15) is 0 Å². The lowest BCUT2D eigenvalue weighted by molar-refractivity contribution is 1.18. The summed E-state index contributed by atoms with van der Waals surface area (Å²) in [7, 11) is 0. The molecular weight excluding hydrogens is 370 g/mol. The Balaban J connectivity index is 1.89. The molecule has 4 aromatic carbocycles. The molecule has 0 N–H and O–H groups in total. The predicted octanol–water partition coefficient (Wildman–Crippen LogP) is 7.81. The molecule has 0 unspecified atom stereocenters. The SMILES string of the molecule is Clc1ccc2c3c4sc5ccccc5c4ccc3n(-c3ccccc3)c2c1. The fourth-order valence-corrected chi connectivity index (χ4v) is 5.54. The lowest BCUT2D eigenvalue weighted by Gasteiger charge is -2.07. The highest BCUT2D eigenvalue weighted by Crippen LogP contribution is 2.43. The molecule has 3 heteroatoms. The summed E-state index contributed by atoms with van der Waals surface area (Å²) in [5.74, 6) is 0. The van der Waals surface area contributed by atoms with Crippen LogP contribution in [0.5, 0.6) is 0 Å². The first kappa shape index (κ1) is 15.3. The number of fused-ring (bicyclic) bond motifs is 7. The van der Waals surface area contributed by atoms with Crippen LogP contribution >= 0.6 is 22.9 Å². The van der Waals surface area contributed by atoms with Crippen molar-refractivity contribution in [3.8, 4) is 5.69 Å². The van der Waals surface area contributed by atoms with Gasteiger partial charge in [0.15, 0.2) is 0 Å². The summed E-state index contributed by atoms with van der Waals surface area (Å²) in [6.45, 7) is 0. The van der Waals surface area contributed by atoms with Gasteiger partial charge in [0.05, 0.1) is 11.0 Å². The second-order valence-corrected chi connectivity index (χ2v) is 8.26. The van der Waals surface area contributed by atoms with Gasteiger partial charge in [-0.25, -0.2) is 0 Å². The van der Waals surface area contributed by atoms with E-state index in [1.54, 1.807) is 0 Å². The van der Waals surface area contributed by atoms with Gasteiger partial charge in [0.1, 0.15) is 0 Å². The number of aromatic nitrogens is 1. The van der Waals surface area contributed by atoms with E-state index < -0.39 is 0 Å². The summed E-state index contributed by atoms with van der Waals surface area (Å²) in [5, 5.41) is 5.97. The highest BCUT2D eigenvalue weighted by molar-refractivity contribution is 7.26. The second kappa shape index (κ2) is 5.59. The second-order valence-electron chi connectivity index (χ2n) is 6.77. The van der Waals surface area contributed by atoms with Crippen molar-refractivity contribution in [1.29, 1.82) is 0 Å². The van der Waals surface area contributed by atoms with Crippen LogP contribution in [0.1, 0.15) is 0 Å². The van der Waals surface area contributed by atoms with E-state index in [4.69, 9.17) is 11.6 Å². The zero-order valence-corrected chi connectivity index (χ0v) is 15.9. The molecule has 6 aromatic rings. The van der Waals surface area contributed by atoms with Crippen LogP contribution in [-0.2, 0) is 0 Å². The molecule has 27 heavy (non-hydrogen) atoms. The molecule has 6 rings (SSSR count). The first-order valence-corrected chi connectivity index (χ1v) is 10.1. The molecule has 2 aromatic heterocycles. The van der Waals surface area contributed by atoms with Crippen molar-refractivity contribution in [3.63, 3.8) is 0 Å². The molecule has 0 saturated carbocycles. The van der Waals surface area contributed by atoms with E-state index in [1.165, 1.54) is 36.5 Å². The molecule has 0 amide bonds. The van der Waals surface area contributed by atoms with E-state index in [2.05, 4.69) is 83.4 Å². The summed E-state index contributed by atoms with van der Waals surface area (Å²) in [5.41, 5.74) is 3.52. The van der Waals surface area contributed by atoms with Crippen LogP contribution in [0.25, 0.3) is 47.7 Å². The monoisotopic (exact) mass is 383 g/mol. The standard InChI is InChI=1S/C24H14ClNS/c25-15-10-11-19-21(14-15)26(16-6-2-1-3-7-16)20-13-12-18-17-8-4-5-9-22(17)27-24(18)23(19)20/h1-14H. The maximum absolute atomic E-state index is 6.38. The number of rotatable bonds is 1. The van der Waals surface area contributed by atoms with Gasteiger partial charge in [-0.1, -0.05) is 60.1 Å². The number of hydrogen-bond donors (Lipinski definition) is 0. The third kappa shape index (κ3) is 2.11. The Morgan fingerprint density at radius 1 is 0.667 bits per heavy atom. The molecule has 0 atom stereocenters. The number of nitrogens with zero attached hydrogens (tertiary/aromatic N) is 1. The Kier molecular flexibility index (Phi) is 3.16. The Hall–Kier alpha value is -2.81. The van der Waals surface area contributed by atoms with Crippen LogP contribution in [0.15, 0.2) is 84.9 Å². The van der Waals surface area contributed by atoms with Crippen molar-refractivity contribution >= 4 is 64.9 Å². The lowest BCUT2D eigenvalue weighted by atomic mass is 10.1. The van der Waals surface area contributed by atoms with Crippen LogP contribution < -0.4 is 0 Å². The smallest absolute Gasteiger partial charge is 0.0556 e. The zero-order chi connectivity index (χ0) is 18.0. The van der Waals surface area contributed by atoms with Gasteiger partial charge in [0.25, 0.3) is 0 Å². The van der Waals surface area contributed by atoms with Gasteiger partial charge in [-0.15, -0.1) is 11.3 Å². The molecule has 0 radical (unpaired) electrons. The number of halogens is 1. The Morgan fingerprint density at radius 3 is 2.33 bits per heavy atom. The molecule has 1 nitrogen and oxygen atoms in total. The molecule has 0 saturated heterocycles. The molecule has 2 heterocycles. The molecule has 0 fully saturated rings. The summed E-state index contributed by atoms with van der Waals surface area (Å²) in [6, 6.07) is 29.9. The maximum atomic E-state index is 6.38. The van der Waals surface area contributed by atoms with Crippen molar-refractivity contribution in [2.75, 3.05) is 0 Å². The maximum Gasteiger partial charge on any atom is 0.0556 e. The van der Waals surface area contributed by atoms with Gasteiger partial charge in [-0.2, -0.15) is 0 Å². The number of benzene rings is 4. The van der Waals surface area contributed by atoms with Gasteiger partial charge < -0.3 is 4.57 Å². The van der Waals surface area contributed by atoms with Crippen LogP contribution in [0.3, 0.4) is 0 Å². The summed E-state index contributed by atoms with van der Waals surface area (Å²) >= 11 is 8.25. The highest BCUT2D eigenvalue weighted by Gasteiger charge is 2.17. The molecule has 0 spiro atoms. The fourth-order valence-electron chi connectivity index (χ4n) is 4.11. The first-order valence-electron chi connectivity index (χ1n) is 8.90. The van der Waals surface area contributed by atoms with Gasteiger partial charge >= 0.3 is 0 Å². The average molecular weight is 384 g/mol. The van der Waals surface area contributed by atoms with Gasteiger partial charge in [0.2, 0.25) is 0 Å². The fraction of sp³-hybridized carbons (Fsp3) is 0. The Morgan fingerprint density at radius 2 is 1.44 bits per heavy atom. The van der Waals surface area contributed by atoms with Crippen molar-refractivity contribution in [2.24, 2.45) is 0 Å². The molecular formula is C24H14ClNS. The molecule has 0 bridgehead atoms. The summed E-state index contributed by atoms with van der Waals surface area (Å²) < 4.78 is 4.99. The van der Waals surface area contributed by atoms with Crippen LogP contribution in [0, 0.1) is 0 Å². The summed E-state index contributed by atoms with van der Waals surface area (Å²) in [4.78, 5) is 0. The van der Waals surface area contributed by atoms with Crippen LogP contribution in [0.4, 0.5) is 0 Å². The highest BCUT2D eigenvalue weighted by atomic mass is 35.5. The molecule has 0 aliphatic heterocycles. The number of hydrogen-bond acceptors (Lipinski definition) is 1. The van der Waals surface area contributed by atoms with Gasteiger partial charge in [0, 0.05) is 41.7 Å². The third-order valence-electron chi connectivity index (χ3n) is 5.25. The number of thiophene rings is 1. The van der Waals surface area contributed by atoms with Gasteiger partial charge in [-0.3, -0.25) is 0 Å². The minimum atomic E-state index is 0.759. The van der Waals surface area contributed by atoms with E-state index in [0.29, 0.717) is 0 Å².